The van der Waals surface area contributed by atoms with Crippen molar-refractivity contribution in [1.29, 1.82) is 0 Å². The summed E-state index contributed by atoms with van der Waals surface area (Å²) in [4.78, 5) is 27.1. The zero-order valence-electron chi connectivity index (χ0n) is 16.7. The van der Waals surface area contributed by atoms with Crippen LogP contribution in [-0.4, -0.2) is 29.8 Å². The summed E-state index contributed by atoms with van der Waals surface area (Å²) in [6.45, 7) is 7.63. The number of hydrogen-bond donors (Lipinski definition) is 1. The minimum atomic E-state index is -0.108. The van der Waals surface area contributed by atoms with Crippen molar-refractivity contribution in [3.05, 3.63) is 64.7 Å². The van der Waals surface area contributed by atoms with Gasteiger partial charge in [-0.3, -0.25) is 9.59 Å². The molecule has 3 rings (SSSR count). The van der Waals surface area contributed by atoms with Crippen LogP contribution >= 0.6 is 11.6 Å². The second-order valence-corrected chi connectivity index (χ2v) is 8.77. The summed E-state index contributed by atoms with van der Waals surface area (Å²) in [5.74, 6) is -0.108. The van der Waals surface area contributed by atoms with Gasteiger partial charge in [0.05, 0.1) is 10.7 Å². The van der Waals surface area contributed by atoms with E-state index in [4.69, 9.17) is 11.6 Å². The molecule has 28 heavy (non-hydrogen) atoms. The summed E-state index contributed by atoms with van der Waals surface area (Å²) in [7, 11) is 0. The second-order valence-electron chi connectivity index (χ2n) is 8.36. The van der Waals surface area contributed by atoms with Crippen molar-refractivity contribution in [1.82, 2.24) is 4.90 Å². The van der Waals surface area contributed by atoms with E-state index in [-0.39, 0.29) is 23.1 Å². The van der Waals surface area contributed by atoms with Crippen molar-refractivity contribution in [3.63, 3.8) is 0 Å². The lowest BCUT2D eigenvalue weighted by Gasteiger charge is -2.31. The molecule has 5 heteroatoms. The van der Waals surface area contributed by atoms with Crippen molar-refractivity contribution < 1.29 is 9.59 Å². The average Bonchev–Trinajstić information content (AvgIpc) is 2.69. The van der Waals surface area contributed by atoms with Crippen LogP contribution in [0.3, 0.4) is 0 Å². The summed E-state index contributed by atoms with van der Waals surface area (Å²) < 4.78 is 0. The molecule has 1 saturated heterocycles. The first-order chi connectivity index (χ1) is 13.3. The van der Waals surface area contributed by atoms with E-state index < -0.39 is 0 Å². The van der Waals surface area contributed by atoms with Gasteiger partial charge in [0.1, 0.15) is 0 Å². The normalized spacial score (nSPS) is 15.4. The van der Waals surface area contributed by atoms with Gasteiger partial charge < -0.3 is 10.2 Å². The minimum absolute atomic E-state index is 0.0327. The number of anilines is 1. The molecule has 0 atom stereocenters. The van der Waals surface area contributed by atoms with Crippen LogP contribution in [0.2, 0.25) is 5.02 Å². The molecule has 1 aliphatic heterocycles. The highest BCUT2D eigenvalue weighted by Gasteiger charge is 2.28. The van der Waals surface area contributed by atoms with Crippen molar-refractivity contribution in [3.8, 4) is 0 Å². The summed E-state index contributed by atoms with van der Waals surface area (Å²) >= 11 is 6.11. The fraction of sp³-hybridized carbons (Fsp3) is 0.391. The smallest absolute Gasteiger partial charge is 0.253 e. The van der Waals surface area contributed by atoms with Crippen molar-refractivity contribution >= 4 is 29.1 Å². The van der Waals surface area contributed by atoms with Crippen LogP contribution in [0.15, 0.2) is 48.5 Å². The maximum absolute atomic E-state index is 12.8. The van der Waals surface area contributed by atoms with Gasteiger partial charge in [0.2, 0.25) is 5.91 Å². The second kappa shape index (κ2) is 8.36. The molecule has 0 spiro atoms. The summed E-state index contributed by atoms with van der Waals surface area (Å²) in [6, 6.07) is 15.1. The van der Waals surface area contributed by atoms with Gasteiger partial charge in [-0.25, -0.2) is 0 Å². The van der Waals surface area contributed by atoms with Crippen LogP contribution in [0.25, 0.3) is 0 Å². The molecule has 148 valence electrons. The minimum Gasteiger partial charge on any atom is -0.339 e. The zero-order chi connectivity index (χ0) is 20.3. The van der Waals surface area contributed by atoms with E-state index in [0.29, 0.717) is 42.2 Å². The maximum atomic E-state index is 12.8. The molecule has 2 aromatic rings. The maximum Gasteiger partial charge on any atom is 0.253 e. The van der Waals surface area contributed by atoms with Gasteiger partial charge >= 0.3 is 0 Å². The molecule has 0 radical (unpaired) electrons. The Morgan fingerprint density at radius 1 is 1.00 bits per heavy atom. The van der Waals surface area contributed by atoms with E-state index in [2.05, 4.69) is 26.1 Å². The van der Waals surface area contributed by atoms with Crippen molar-refractivity contribution in [2.45, 2.75) is 39.0 Å². The Kier molecular flexibility index (Phi) is 6.09. The van der Waals surface area contributed by atoms with Gasteiger partial charge in [-0.05, 0) is 48.1 Å². The molecule has 0 saturated carbocycles. The Morgan fingerprint density at radius 3 is 2.18 bits per heavy atom. The van der Waals surface area contributed by atoms with Crippen molar-refractivity contribution in [2.75, 3.05) is 18.4 Å². The molecular formula is C23H27ClN2O2. The van der Waals surface area contributed by atoms with E-state index in [9.17, 15) is 9.59 Å². The van der Waals surface area contributed by atoms with Crippen LogP contribution in [0.5, 0.6) is 0 Å². The number of likely N-dealkylation sites (tertiary alicyclic amines) is 1. The topological polar surface area (TPSA) is 49.4 Å². The number of hydrogen-bond acceptors (Lipinski definition) is 2. The first-order valence-electron chi connectivity index (χ1n) is 9.71. The number of nitrogens with zero attached hydrogens (tertiary/aromatic N) is 1. The SMILES string of the molecule is CC(C)(C)c1ccc(C(=O)N2CCC(C(=O)Nc3ccccc3Cl)CC2)cc1. The number of amides is 2. The molecule has 0 unspecified atom stereocenters. The number of carbonyl (C=O) groups is 2. The van der Waals surface area contributed by atoms with Crippen LogP contribution in [0.1, 0.15) is 49.5 Å². The van der Waals surface area contributed by atoms with Crippen LogP contribution < -0.4 is 5.32 Å². The van der Waals surface area contributed by atoms with Crippen molar-refractivity contribution in [2.24, 2.45) is 5.92 Å². The standard InChI is InChI=1S/C23H27ClN2O2/c1-23(2,3)18-10-8-17(9-11-18)22(28)26-14-12-16(13-15-26)21(27)25-20-7-5-4-6-19(20)24/h4-11,16H,12-15H2,1-3H3,(H,25,27). The molecule has 0 aromatic heterocycles. The number of carbonyl (C=O) groups excluding carboxylic acids is 2. The lowest BCUT2D eigenvalue weighted by atomic mass is 9.86. The number of para-hydroxylation sites is 1. The number of piperidine rings is 1. The summed E-state index contributed by atoms with van der Waals surface area (Å²) in [5.41, 5.74) is 2.60. The Hall–Kier alpha value is -2.33. The van der Waals surface area contributed by atoms with E-state index in [1.165, 1.54) is 5.56 Å². The lowest BCUT2D eigenvalue weighted by Crippen LogP contribution is -2.41. The number of rotatable bonds is 3. The van der Waals surface area contributed by atoms with Crippen LogP contribution in [-0.2, 0) is 10.2 Å². The largest absolute Gasteiger partial charge is 0.339 e. The molecule has 1 aliphatic rings. The van der Waals surface area contributed by atoms with Gasteiger partial charge in [-0.15, -0.1) is 0 Å². The lowest BCUT2D eigenvalue weighted by molar-refractivity contribution is -0.121. The van der Waals surface area contributed by atoms with Gasteiger partial charge in [0.25, 0.3) is 5.91 Å². The molecule has 1 fully saturated rings. The monoisotopic (exact) mass is 398 g/mol. The molecular weight excluding hydrogens is 372 g/mol. The van der Waals surface area contributed by atoms with E-state index >= 15 is 0 Å². The third-order valence-corrected chi connectivity index (χ3v) is 5.61. The Balaban J connectivity index is 1.56. The molecule has 0 aliphatic carbocycles. The third kappa shape index (κ3) is 4.74. The number of nitrogens with one attached hydrogen (secondary N) is 1. The first-order valence-corrected chi connectivity index (χ1v) is 10.1. The summed E-state index contributed by atoms with van der Waals surface area (Å²) in [5, 5.41) is 3.43. The quantitative estimate of drug-likeness (QED) is 0.779. The average molecular weight is 399 g/mol. The molecule has 2 amide bonds. The molecule has 1 heterocycles. The first kappa shape index (κ1) is 20.4. The van der Waals surface area contributed by atoms with Gasteiger partial charge in [0, 0.05) is 24.6 Å². The Bertz CT molecular complexity index is 848. The highest BCUT2D eigenvalue weighted by molar-refractivity contribution is 6.33. The zero-order valence-corrected chi connectivity index (χ0v) is 17.4. The molecule has 4 nitrogen and oxygen atoms in total. The third-order valence-electron chi connectivity index (χ3n) is 5.28. The summed E-state index contributed by atoms with van der Waals surface area (Å²) in [6.07, 6.45) is 1.31. The fourth-order valence-electron chi connectivity index (χ4n) is 3.44. The molecule has 1 N–H and O–H groups in total. The predicted molar refractivity (Wildman–Crippen MR) is 114 cm³/mol. The van der Waals surface area contributed by atoms with E-state index in [1.807, 2.05) is 41.3 Å². The highest BCUT2D eigenvalue weighted by atomic mass is 35.5. The molecule has 0 bridgehead atoms. The number of halogens is 1. The number of benzene rings is 2. The fourth-order valence-corrected chi connectivity index (χ4v) is 3.62. The Morgan fingerprint density at radius 2 is 1.61 bits per heavy atom. The van der Waals surface area contributed by atoms with Gasteiger partial charge in [0.15, 0.2) is 0 Å². The highest BCUT2D eigenvalue weighted by Crippen LogP contribution is 2.26. The van der Waals surface area contributed by atoms with Gasteiger partial charge in [-0.1, -0.05) is 56.6 Å². The van der Waals surface area contributed by atoms with Gasteiger partial charge in [-0.2, -0.15) is 0 Å². The van der Waals surface area contributed by atoms with Crippen LogP contribution in [0, 0.1) is 5.92 Å². The molecule has 2 aromatic carbocycles. The van der Waals surface area contributed by atoms with E-state index in [1.54, 1.807) is 12.1 Å². The predicted octanol–water partition coefficient (Wildman–Crippen LogP) is 5.13. The van der Waals surface area contributed by atoms with Crippen LogP contribution in [0.4, 0.5) is 5.69 Å². The van der Waals surface area contributed by atoms with E-state index in [0.717, 1.165) is 0 Å². The Labute approximate surface area is 171 Å².